The number of rotatable bonds is 11. The fraction of sp³-hybridized carbons (Fsp3) is 0.733. The number of aliphatic hydroxyl groups is 4. The largest absolute Gasteiger partial charge is 0.396 e. The Balaban J connectivity index is 4.04. The Bertz CT molecular complexity index is 271. The van der Waals surface area contributed by atoms with Crippen molar-refractivity contribution in [3.63, 3.8) is 0 Å². The predicted molar refractivity (Wildman–Crippen MR) is 76.8 cm³/mol. The van der Waals surface area contributed by atoms with Gasteiger partial charge in [0.2, 0.25) is 0 Å². The molecule has 0 bridgehead atoms. The predicted octanol–water partition coefficient (Wildman–Crippen LogP) is 1.39. The van der Waals surface area contributed by atoms with E-state index in [-0.39, 0.29) is 32.3 Å². The van der Waals surface area contributed by atoms with E-state index in [1.165, 1.54) is 0 Å². The van der Waals surface area contributed by atoms with E-state index in [0.717, 1.165) is 36.8 Å². The van der Waals surface area contributed by atoms with Crippen molar-refractivity contribution in [2.45, 2.75) is 39.0 Å². The van der Waals surface area contributed by atoms with Gasteiger partial charge in [0.05, 0.1) is 13.2 Å². The summed E-state index contributed by atoms with van der Waals surface area (Å²) in [5, 5.41) is 36.0. The molecule has 0 aromatic carbocycles. The molecule has 0 heterocycles. The minimum atomic E-state index is 0.0514. The number of allylic oxidation sites excluding steroid dienone is 2. The van der Waals surface area contributed by atoms with E-state index in [1.807, 2.05) is 19.1 Å². The van der Waals surface area contributed by atoms with Crippen LogP contribution in [0.15, 0.2) is 23.3 Å². The Hall–Kier alpha value is -0.680. The lowest BCUT2D eigenvalue weighted by atomic mass is 9.99. The van der Waals surface area contributed by atoms with E-state index < -0.39 is 0 Å². The van der Waals surface area contributed by atoms with Crippen LogP contribution in [0.5, 0.6) is 0 Å². The first-order valence-corrected chi connectivity index (χ1v) is 6.94. The van der Waals surface area contributed by atoms with Crippen LogP contribution in [0.1, 0.15) is 39.0 Å². The third-order valence-electron chi connectivity index (χ3n) is 3.21. The molecule has 0 saturated heterocycles. The van der Waals surface area contributed by atoms with Gasteiger partial charge >= 0.3 is 0 Å². The standard InChI is InChI=1S/C15H28O4/c1-13(10-17)4-2-5-14(11-18)6-3-7-15(12-19)8-9-16/h4,6,15-19H,2-3,5,7-12H2,1H3/b13-4?,14-6+. The van der Waals surface area contributed by atoms with Crippen LogP contribution in [0.2, 0.25) is 0 Å². The summed E-state index contributed by atoms with van der Waals surface area (Å²) in [5.74, 6) is 0.137. The van der Waals surface area contributed by atoms with Gasteiger partial charge in [0, 0.05) is 13.2 Å². The Morgan fingerprint density at radius 1 is 0.947 bits per heavy atom. The van der Waals surface area contributed by atoms with E-state index in [9.17, 15) is 5.11 Å². The van der Waals surface area contributed by atoms with Crippen LogP contribution in [-0.2, 0) is 0 Å². The van der Waals surface area contributed by atoms with Crippen LogP contribution in [-0.4, -0.2) is 46.9 Å². The van der Waals surface area contributed by atoms with Crippen molar-refractivity contribution in [1.82, 2.24) is 0 Å². The van der Waals surface area contributed by atoms with E-state index in [0.29, 0.717) is 6.42 Å². The van der Waals surface area contributed by atoms with Gasteiger partial charge in [-0.3, -0.25) is 0 Å². The lowest BCUT2D eigenvalue weighted by molar-refractivity contribution is 0.177. The topological polar surface area (TPSA) is 80.9 Å². The molecule has 4 N–H and O–H groups in total. The van der Waals surface area contributed by atoms with E-state index in [1.54, 1.807) is 0 Å². The second kappa shape index (κ2) is 12.4. The van der Waals surface area contributed by atoms with Crippen LogP contribution < -0.4 is 0 Å². The minimum absolute atomic E-state index is 0.0514. The zero-order chi connectivity index (χ0) is 14.5. The first-order valence-electron chi connectivity index (χ1n) is 6.94. The third kappa shape index (κ3) is 9.85. The molecule has 0 aromatic rings. The number of hydrogen-bond donors (Lipinski definition) is 4. The van der Waals surface area contributed by atoms with Gasteiger partial charge in [0.15, 0.2) is 0 Å². The lowest BCUT2D eigenvalue weighted by Crippen LogP contribution is -2.07. The molecule has 4 heteroatoms. The molecule has 0 amide bonds. The maximum absolute atomic E-state index is 9.25. The average molecular weight is 272 g/mol. The molecule has 19 heavy (non-hydrogen) atoms. The van der Waals surface area contributed by atoms with E-state index in [2.05, 4.69) is 0 Å². The van der Waals surface area contributed by atoms with Gasteiger partial charge < -0.3 is 20.4 Å². The highest BCUT2D eigenvalue weighted by Crippen LogP contribution is 2.14. The highest BCUT2D eigenvalue weighted by Gasteiger charge is 2.05. The second-order valence-electron chi connectivity index (χ2n) is 4.91. The van der Waals surface area contributed by atoms with E-state index in [4.69, 9.17) is 15.3 Å². The van der Waals surface area contributed by atoms with Crippen molar-refractivity contribution in [2.75, 3.05) is 26.4 Å². The maximum Gasteiger partial charge on any atom is 0.0641 e. The molecule has 0 aliphatic heterocycles. The highest BCUT2D eigenvalue weighted by molar-refractivity contribution is 5.06. The summed E-state index contributed by atoms with van der Waals surface area (Å²) in [5.41, 5.74) is 1.93. The molecular weight excluding hydrogens is 244 g/mol. The fourth-order valence-electron chi connectivity index (χ4n) is 1.85. The van der Waals surface area contributed by atoms with Gasteiger partial charge in [0.1, 0.15) is 0 Å². The average Bonchev–Trinajstić information content (AvgIpc) is 2.44. The summed E-state index contributed by atoms with van der Waals surface area (Å²) in [7, 11) is 0. The number of aliphatic hydroxyl groups excluding tert-OH is 4. The molecular formula is C15H28O4. The molecule has 1 unspecified atom stereocenters. The molecule has 4 nitrogen and oxygen atoms in total. The van der Waals surface area contributed by atoms with Crippen LogP contribution >= 0.6 is 0 Å². The third-order valence-corrected chi connectivity index (χ3v) is 3.21. The summed E-state index contributed by atoms with van der Waals surface area (Å²) < 4.78 is 0. The molecule has 112 valence electrons. The van der Waals surface area contributed by atoms with Crippen molar-refractivity contribution in [2.24, 2.45) is 5.92 Å². The normalized spacial score (nSPS) is 14.8. The zero-order valence-corrected chi connectivity index (χ0v) is 11.9. The molecule has 0 aromatic heterocycles. The fourth-order valence-corrected chi connectivity index (χ4v) is 1.85. The van der Waals surface area contributed by atoms with Gasteiger partial charge in [-0.05, 0) is 50.5 Å². The van der Waals surface area contributed by atoms with Gasteiger partial charge in [-0.15, -0.1) is 0 Å². The SMILES string of the molecule is CC(=CCC/C(=C\CCC(CO)CCO)CO)CO. The van der Waals surface area contributed by atoms with Crippen molar-refractivity contribution in [3.8, 4) is 0 Å². The highest BCUT2D eigenvalue weighted by atomic mass is 16.3. The second-order valence-corrected chi connectivity index (χ2v) is 4.91. The van der Waals surface area contributed by atoms with Gasteiger partial charge in [-0.1, -0.05) is 17.7 Å². The lowest BCUT2D eigenvalue weighted by Gasteiger charge is -2.11. The van der Waals surface area contributed by atoms with Crippen LogP contribution in [0.25, 0.3) is 0 Å². The van der Waals surface area contributed by atoms with Crippen LogP contribution in [0, 0.1) is 5.92 Å². The molecule has 0 radical (unpaired) electrons. The Labute approximate surface area is 116 Å². The Kier molecular flexibility index (Phi) is 11.9. The first-order chi connectivity index (χ1) is 9.17. The summed E-state index contributed by atoms with van der Waals surface area (Å²) >= 11 is 0. The van der Waals surface area contributed by atoms with Gasteiger partial charge in [-0.25, -0.2) is 0 Å². The Morgan fingerprint density at radius 2 is 1.68 bits per heavy atom. The summed E-state index contributed by atoms with van der Waals surface area (Å²) in [6, 6.07) is 0. The molecule has 0 fully saturated rings. The summed E-state index contributed by atoms with van der Waals surface area (Å²) in [6.45, 7) is 2.21. The molecule has 0 aliphatic rings. The quantitative estimate of drug-likeness (QED) is 0.429. The Morgan fingerprint density at radius 3 is 2.21 bits per heavy atom. The maximum atomic E-state index is 9.25. The molecule has 0 rings (SSSR count). The number of hydrogen-bond acceptors (Lipinski definition) is 4. The van der Waals surface area contributed by atoms with Gasteiger partial charge in [-0.2, -0.15) is 0 Å². The monoisotopic (exact) mass is 272 g/mol. The van der Waals surface area contributed by atoms with Crippen LogP contribution in [0.3, 0.4) is 0 Å². The first kappa shape index (κ1) is 18.3. The van der Waals surface area contributed by atoms with Crippen molar-refractivity contribution >= 4 is 0 Å². The molecule has 0 aliphatic carbocycles. The van der Waals surface area contributed by atoms with Crippen molar-refractivity contribution < 1.29 is 20.4 Å². The van der Waals surface area contributed by atoms with E-state index >= 15 is 0 Å². The summed E-state index contributed by atoms with van der Waals surface area (Å²) in [6.07, 6.45) is 7.86. The van der Waals surface area contributed by atoms with Crippen LogP contribution in [0.4, 0.5) is 0 Å². The molecule has 0 spiro atoms. The van der Waals surface area contributed by atoms with Crippen molar-refractivity contribution in [3.05, 3.63) is 23.3 Å². The van der Waals surface area contributed by atoms with Crippen molar-refractivity contribution in [1.29, 1.82) is 0 Å². The summed E-state index contributed by atoms with van der Waals surface area (Å²) in [4.78, 5) is 0. The minimum Gasteiger partial charge on any atom is -0.396 e. The van der Waals surface area contributed by atoms with Gasteiger partial charge in [0.25, 0.3) is 0 Å². The molecule has 1 atom stereocenters. The zero-order valence-electron chi connectivity index (χ0n) is 11.9. The molecule has 0 saturated carbocycles. The smallest absolute Gasteiger partial charge is 0.0641 e.